The summed E-state index contributed by atoms with van der Waals surface area (Å²) in [6, 6.07) is 20.5. The van der Waals surface area contributed by atoms with Gasteiger partial charge in [-0.25, -0.2) is 9.37 Å². The molecule has 6 aromatic rings. The number of nitrogens with zero attached hydrogens (tertiary/aromatic N) is 1. The summed E-state index contributed by atoms with van der Waals surface area (Å²) in [5.41, 5.74) is 2.00. The van der Waals surface area contributed by atoms with Gasteiger partial charge in [-0.1, -0.05) is 60.7 Å². The van der Waals surface area contributed by atoms with E-state index in [1.165, 1.54) is 12.1 Å². The molecule has 0 fully saturated rings. The Morgan fingerprint density at radius 2 is 1.03 bits per heavy atom. The maximum absolute atomic E-state index is 13.6. The molecular weight excluding hydrogens is 365 g/mol. The van der Waals surface area contributed by atoms with Crippen LogP contribution in [0, 0.1) is 5.82 Å². The second kappa shape index (κ2) is 5.55. The maximum Gasteiger partial charge on any atom is 0.196 e. The molecule has 0 spiro atoms. The first kappa shape index (κ1) is 16.1. The van der Waals surface area contributed by atoms with Crippen LogP contribution in [-0.4, -0.2) is 4.98 Å². The third-order valence-corrected chi connectivity index (χ3v) is 5.64. The van der Waals surface area contributed by atoms with E-state index in [1.54, 1.807) is 24.3 Å². The zero-order valence-electron chi connectivity index (χ0n) is 15.1. The lowest BCUT2D eigenvalue weighted by atomic mass is 9.99. The monoisotopic (exact) mass is 377 g/mol. The quantitative estimate of drug-likeness (QED) is 0.401. The molecule has 0 saturated heterocycles. The smallest absolute Gasteiger partial charge is 0.196 e. The molecule has 29 heavy (non-hydrogen) atoms. The van der Waals surface area contributed by atoms with E-state index in [9.17, 15) is 14.0 Å². The first-order valence-electron chi connectivity index (χ1n) is 9.27. The Morgan fingerprint density at radius 3 is 1.52 bits per heavy atom. The molecule has 0 radical (unpaired) electrons. The lowest BCUT2D eigenvalue weighted by molar-refractivity contribution is 0.628. The SMILES string of the molecule is O=c1c2ccccc2c2nc3c(c(-c4ccc(F)cc4)c12)c(=O)c1ccccc13. The zero-order valence-corrected chi connectivity index (χ0v) is 15.1. The van der Waals surface area contributed by atoms with Gasteiger partial charge in [0.2, 0.25) is 0 Å². The van der Waals surface area contributed by atoms with Crippen molar-refractivity contribution in [3.8, 4) is 11.1 Å². The molecule has 3 nitrogen and oxygen atoms in total. The van der Waals surface area contributed by atoms with E-state index in [-0.39, 0.29) is 16.7 Å². The van der Waals surface area contributed by atoms with Crippen molar-refractivity contribution in [2.75, 3.05) is 0 Å². The molecule has 0 aliphatic carbocycles. The summed E-state index contributed by atoms with van der Waals surface area (Å²) in [4.78, 5) is 31.4. The molecule has 6 rings (SSSR count). The fourth-order valence-electron chi connectivity index (χ4n) is 4.37. The number of fused-ring (bicyclic) bond motifs is 6. The summed E-state index contributed by atoms with van der Waals surface area (Å²) < 4.78 is 13.6. The zero-order chi connectivity index (χ0) is 19.7. The largest absolute Gasteiger partial charge is 0.288 e. The predicted molar refractivity (Wildman–Crippen MR) is 115 cm³/mol. The van der Waals surface area contributed by atoms with Gasteiger partial charge in [0, 0.05) is 27.1 Å². The Labute approximate surface area is 163 Å². The minimum atomic E-state index is -0.375. The lowest BCUT2D eigenvalue weighted by Crippen LogP contribution is -2.02. The van der Waals surface area contributed by atoms with Crippen LogP contribution in [0.15, 0.2) is 82.4 Å². The lowest BCUT2D eigenvalue weighted by Gasteiger charge is -2.06. The van der Waals surface area contributed by atoms with Crippen LogP contribution < -0.4 is 10.9 Å². The number of aromatic nitrogens is 1. The summed E-state index contributed by atoms with van der Waals surface area (Å²) in [7, 11) is 0. The summed E-state index contributed by atoms with van der Waals surface area (Å²) in [6.07, 6.45) is 0. The van der Waals surface area contributed by atoms with Gasteiger partial charge in [-0.3, -0.25) is 9.59 Å². The first-order chi connectivity index (χ1) is 14.1. The summed E-state index contributed by atoms with van der Waals surface area (Å²) >= 11 is 0. The van der Waals surface area contributed by atoms with E-state index in [0.717, 1.165) is 10.8 Å². The highest BCUT2D eigenvalue weighted by Crippen LogP contribution is 2.38. The van der Waals surface area contributed by atoms with E-state index in [4.69, 9.17) is 4.98 Å². The first-order valence-corrected chi connectivity index (χ1v) is 9.27. The molecule has 1 aromatic heterocycles. The molecule has 0 atom stereocenters. The van der Waals surface area contributed by atoms with Gasteiger partial charge in [0.1, 0.15) is 5.82 Å². The van der Waals surface area contributed by atoms with Crippen molar-refractivity contribution >= 4 is 43.4 Å². The highest BCUT2D eigenvalue weighted by molar-refractivity contribution is 6.24. The summed E-state index contributed by atoms with van der Waals surface area (Å²) in [6.45, 7) is 0. The Hall–Kier alpha value is -3.92. The van der Waals surface area contributed by atoms with E-state index in [0.29, 0.717) is 43.7 Å². The van der Waals surface area contributed by atoms with Crippen molar-refractivity contribution in [3.05, 3.63) is 99.1 Å². The van der Waals surface area contributed by atoms with Crippen molar-refractivity contribution in [3.63, 3.8) is 0 Å². The molecule has 0 amide bonds. The molecule has 0 aliphatic heterocycles. The number of hydrogen-bond acceptors (Lipinski definition) is 3. The molecule has 136 valence electrons. The fraction of sp³-hybridized carbons (Fsp3) is 0. The van der Waals surface area contributed by atoms with Gasteiger partial charge in [-0.15, -0.1) is 0 Å². The van der Waals surface area contributed by atoms with Crippen LogP contribution in [-0.2, 0) is 0 Å². The summed E-state index contributed by atoms with van der Waals surface area (Å²) in [5, 5.41) is 3.49. The molecule has 0 aliphatic rings. The second-order valence-corrected chi connectivity index (χ2v) is 7.19. The van der Waals surface area contributed by atoms with Gasteiger partial charge in [0.15, 0.2) is 10.9 Å². The Kier molecular flexibility index (Phi) is 3.08. The fourth-order valence-corrected chi connectivity index (χ4v) is 4.37. The van der Waals surface area contributed by atoms with Gasteiger partial charge in [-0.2, -0.15) is 0 Å². The molecule has 0 saturated carbocycles. The Morgan fingerprint density at radius 1 is 0.586 bits per heavy atom. The number of halogens is 1. The van der Waals surface area contributed by atoms with Crippen molar-refractivity contribution in [2.45, 2.75) is 0 Å². The van der Waals surface area contributed by atoms with Gasteiger partial charge >= 0.3 is 0 Å². The molecule has 0 bridgehead atoms. The standard InChI is InChI=1S/C25H12FNO2/c26-14-11-9-13(10-12-14)19-20-22(15-5-1-3-7-17(15)24(20)28)27-23-16-6-2-4-8-18(16)25(29)21(19)23/h1-12H. The van der Waals surface area contributed by atoms with Gasteiger partial charge in [0.05, 0.1) is 21.8 Å². The topological polar surface area (TPSA) is 47.0 Å². The minimum Gasteiger partial charge on any atom is -0.288 e. The van der Waals surface area contributed by atoms with Gasteiger partial charge in [-0.05, 0) is 17.7 Å². The van der Waals surface area contributed by atoms with Crippen LogP contribution >= 0.6 is 0 Å². The van der Waals surface area contributed by atoms with Gasteiger partial charge in [0.25, 0.3) is 0 Å². The normalized spacial score (nSPS) is 11.9. The average Bonchev–Trinajstić information content (AvgIpc) is 3.21. The average molecular weight is 377 g/mol. The molecule has 1 heterocycles. The van der Waals surface area contributed by atoms with Crippen LogP contribution in [0.1, 0.15) is 0 Å². The van der Waals surface area contributed by atoms with Crippen molar-refractivity contribution in [2.24, 2.45) is 0 Å². The number of rotatable bonds is 1. The molecule has 5 aromatic carbocycles. The maximum atomic E-state index is 13.6. The Balaban J connectivity index is 1.98. The highest BCUT2D eigenvalue weighted by Gasteiger charge is 2.23. The molecular formula is C25H12FNO2. The summed E-state index contributed by atoms with van der Waals surface area (Å²) in [5.74, 6) is -0.375. The third-order valence-electron chi connectivity index (χ3n) is 5.64. The van der Waals surface area contributed by atoms with Crippen LogP contribution in [0.25, 0.3) is 54.5 Å². The van der Waals surface area contributed by atoms with Crippen molar-refractivity contribution in [1.29, 1.82) is 0 Å². The van der Waals surface area contributed by atoms with E-state index < -0.39 is 0 Å². The molecule has 0 unspecified atom stereocenters. The Bertz CT molecular complexity index is 1590. The third kappa shape index (κ3) is 2.03. The molecule has 4 heteroatoms. The molecule has 0 N–H and O–H groups in total. The van der Waals surface area contributed by atoms with Crippen molar-refractivity contribution in [1.82, 2.24) is 4.98 Å². The van der Waals surface area contributed by atoms with Crippen LogP contribution in [0.5, 0.6) is 0 Å². The van der Waals surface area contributed by atoms with Crippen LogP contribution in [0.2, 0.25) is 0 Å². The second-order valence-electron chi connectivity index (χ2n) is 7.19. The number of pyridine rings is 1. The van der Waals surface area contributed by atoms with E-state index in [2.05, 4.69) is 0 Å². The highest BCUT2D eigenvalue weighted by atomic mass is 19.1. The van der Waals surface area contributed by atoms with Crippen LogP contribution in [0.3, 0.4) is 0 Å². The van der Waals surface area contributed by atoms with Crippen molar-refractivity contribution < 1.29 is 4.39 Å². The minimum absolute atomic E-state index is 0.158. The predicted octanol–water partition coefficient (Wildman–Crippen LogP) is 5.10. The van der Waals surface area contributed by atoms with E-state index in [1.807, 2.05) is 36.4 Å². The van der Waals surface area contributed by atoms with Crippen LogP contribution in [0.4, 0.5) is 4.39 Å². The number of benzene rings is 3. The van der Waals surface area contributed by atoms with Gasteiger partial charge < -0.3 is 0 Å². The van der Waals surface area contributed by atoms with E-state index >= 15 is 0 Å². The number of hydrogen-bond donors (Lipinski definition) is 0.